The van der Waals surface area contributed by atoms with E-state index in [4.69, 9.17) is 0 Å². The molecule has 1 aliphatic heterocycles. The van der Waals surface area contributed by atoms with Crippen molar-refractivity contribution in [3.8, 4) is 0 Å². The number of hydrogen-bond acceptors (Lipinski definition) is 4. The van der Waals surface area contributed by atoms with Gasteiger partial charge < -0.3 is 0 Å². The van der Waals surface area contributed by atoms with Gasteiger partial charge in [0.15, 0.2) is 0 Å². The highest BCUT2D eigenvalue weighted by atomic mass is 32.2. The van der Waals surface area contributed by atoms with Gasteiger partial charge >= 0.3 is 0 Å². The zero-order valence-electron chi connectivity index (χ0n) is 14.2. The summed E-state index contributed by atoms with van der Waals surface area (Å²) in [6.07, 6.45) is 2.26. The fraction of sp³-hybridized carbons (Fsp3) is 0.444. The molecule has 1 fully saturated rings. The van der Waals surface area contributed by atoms with Crippen molar-refractivity contribution in [2.75, 3.05) is 19.6 Å². The molecule has 1 saturated heterocycles. The van der Waals surface area contributed by atoms with Crippen molar-refractivity contribution >= 4 is 21.4 Å². The average Bonchev–Trinajstić information content (AvgIpc) is 3.11. The smallest absolute Gasteiger partial charge is 0.240 e. The van der Waals surface area contributed by atoms with Crippen LogP contribution in [0, 0.1) is 11.7 Å². The molecule has 2 heterocycles. The van der Waals surface area contributed by atoms with Crippen LogP contribution in [0.25, 0.3) is 0 Å². The van der Waals surface area contributed by atoms with Gasteiger partial charge in [-0.05, 0) is 67.6 Å². The molecule has 3 rings (SSSR count). The molecule has 1 unspecified atom stereocenters. The van der Waals surface area contributed by atoms with Crippen molar-refractivity contribution < 1.29 is 12.8 Å². The van der Waals surface area contributed by atoms with Gasteiger partial charge in [0, 0.05) is 11.4 Å². The van der Waals surface area contributed by atoms with E-state index in [9.17, 15) is 12.8 Å². The van der Waals surface area contributed by atoms with Crippen molar-refractivity contribution in [2.24, 2.45) is 5.92 Å². The van der Waals surface area contributed by atoms with E-state index in [1.807, 2.05) is 11.4 Å². The van der Waals surface area contributed by atoms with E-state index >= 15 is 0 Å². The molecule has 7 heteroatoms. The first kappa shape index (κ1) is 18.5. The minimum absolute atomic E-state index is 0.0303. The SMILES string of the molecule is CC1CCN(C(CNS(=O)(=O)c2ccc(F)cc2)c2cccs2)CC1. The number of hydrogen-bond donors (Lipinski definition) is 1. The summed E-state index contributed by atoms with van der Waals surface area (Å²) < 4.78 is 40.7. The number of thiophene rings is 1. The normalized spacial score (nSPS) is 18.3. The lowest BCUT2D eigenvalue weighted by molar-refractivity contribution is 0.141. The maximum absolute atomic E-state index is 13.0. The zero-order valence-corrected chi connectivity index (χ0v) is 15.8. The molecule has 0 radical (unpaired) electrons. The predicted octanol–water partition coefficient (Wildman–Crippen LogP) is 3.64. The highest BCUT2D eigenvalue weighted by Gasteiger charge is 2.27. The third-order valence-electron chi connectivity index (χ3n) is 4.72. The topological polar surface area (TPSA) is 49.4 Å². The van der Waals surface area contributed by atoms with E-state index in [-0.39, 0.29) is 10.9 Å². The number of piperidine rings is 1. The number of rotatable bonds is 6. The second-order valence-corrected chi connectivity index (χ2v) is 9.30. The third-order valence-corrected chi connectivity index (χ3v) is 7.13. The first-order valence-electron chi connectivity index (χ1n) is 8.48. The summed E-state index contributed by atoms with van der Waals surface area (Å²) in [6.45, 7) is 4.52. The maximum Gasteiger partial charge on any atom is 0.240 e. The van der Waals surface area contributed by atoms with Crippen LogP contribution >= 0.6 is 11.3 Å². The van der Waals surface area contributed by atoms with Crippen molar-refractivity contribution in [3.63, 3.8) is 0 Å². The molecular formula is C18H23FN2O2S2. The number of nitrogens with one attached hydrogen (secondary N) is 1. The summed E-state index contributed by atoms with van der Waals surface area (Å²) >= 11 is 1.65. The Morgan fingerprint density at radius 3 is 2.52 bits per heavy atom. The monoisotopic (exact) mass is 382 g/mol. The molecule has 0 saturated carbocycles. The Hall–Kier alpha value is -1.28. The summed E-state index contributed by atoms with van der Waals surface area (Å²) in [7, 11) is -3.65. The van der Waals surface area contributed by atoms with Crippen LogP contribution in [-0.2, 0) is 10.0 Å². The molecule has 1 N–H and O–H groups in total. The minimum Gasteiger partial charge on any atom is -0.294 e. The van der Waals surface area contributed by atoms with Crippen LogP contribution in [-0.4, -0.2) is 33.0 Å². The van der Waals surface area contributed by atoms with Crippen LogP contribution in [0.4, 0.5) is 4.39 Å². The second kappa shape index (κ2) is 7.95. The Morgan fingerprint density at radius 1 is 1.24 bits per heavy atom. The van der Waals surface area contributed by atoms with E-state index in [0.717, 1.165) is 48.9 Å². The van der Waals surface area contributed by atoms with Gasteiger partial charge in [0.1, 0.15) is 5.82 Å². The van der Waals surface area contributed by atoms with E-state index in [1.165, 1.54) is 12.1 Å². The summed E-state index contributed by atoms with van der Waals surface area (Å²) in [5.41, 5.74) is 0. The highest BCUT2D eigenvalue weighted by Crippen LogP contribution is 2.29. The first-order chi connectivity index (χ1) is 12.0. The molecule has 4 nitrogen and oxygen atoms in total. The maximum atomic E-state index is 13.0. The molecule has 1 aliphatic rings. The van der Waals surface area contributed by atoms with Crippen LogP contribution in [0.2, 0.25) is 0 Å². The van der Waals surface area contributed by atoms with Crippen molar-refractivity contribution in [1.82, 2.24) is 9.62 Å². The van der Waals surface area contributed by atoms with Gasteiger partial charge in [0.05, 0.1) is 10.9 Å². The van der Waals surface area contributed by atoms with Crippen molar-refractivity contribution in [2.45, 2.75) is 30.7 Å². The Balaban J connectivity index is 1.73. The van der Waals surface area contributed by atoms with Gasteiger partial charge in [0.2, 0.25) is 10.0 Å². The number of halogens is 1. The van der Waals surface area contributed by atoms with Crippen molar-refractivity contribution in [1.29, 1.82) is 0 Å². The largest absolute Gasteiger partial charge is 0.294 e. The summed E-state index contributed by atoms with van der Waals surface area (Å²) in [5, 5.41) is 2.02. The Labute approximate surface area is 152 Å². The van der Waals surface area contributed by atoms with Crippen molar-refractivity contribution in [3.05, 3.63) is 52.5 Å². The van der Waals surface area contributed by atoms with Gasteiger partial charge in [-0.1, -0.05) is 13.0 Å². The molecule has 0 aliphatic carbocycles. The van der Waals surface area contributed by atoms with E-state index in [1.54, 1.807) is 11.3 Å². The van der Waals surface area contributed by atoms with Gasteiger partial charge in [-0.3, -0.25) is 4.90 Å². The summed E-state index contributed by atoms with van der Waals surface area (Å²) in [5.74, 6) is 0.272. The molecule has 0 amide bonds. The lowest BCUT2D eigenvalue weighted by atomic mass is 9.97. The zero-order chi connectivity index (χ0) is 17.9. The predicted molar refractivity (Wildman–Crippen MR) is 98.6 cm³/mol. The van der Waals surface area contributed by atoms with Gasteiger partial charge in [-0.25, -0.2) is 17.5 Å². The molecule has 2 aromatic rings. The van der Waals surface area contributed by atoms with Crippen LogP contribution in [0.5, 0.6) is 0 Å². The quantitative estimate of drug-likeness (QED) is 0.830. The standard InChI is InChI=1S/C18H23FN2O2S2/c1-14-8-10-21(11-9-14)17(18-3-2-12-24-18)13-20-25(22,23)16-6-4-15(19)5-7-16/h2-7,12,14,17,20H,8-11,13H2,1H3. The first-order valence-corrected chi connectivity index (χ1v) is 10.8. The van der Waals surface area contributed by atoms with Gasteiger partial charge in [-0.2, -0.15) is 0 Å². The summed E-state index contributed by atoms with van der Waals surface area (Å²) in [4.78, 5) is 3.61. The molecule has 0 spiro atoms. The number of likely N-dealkylation sites (tertiary alicyclic amines) is 1. The minimum atomic E-state index is -3.65. The average molecular weight is 383 g/mol. The Morgan fingerprint density at radius 2 is 1.92 bits per heavy atom. The molecule has 1 aromatic heterocycles. The Bertz CT molecular complexity index is 768. The lowest BCUT2D eigenvalue weighted by Gasteiger charge is -2.36. The number of sulfonamides is 1. The summed E-state index contributed by atoms with van der Waals surface area (Å²) in [6, 6.07) is 8.99. The van der Waals surface area contributed by atoms with Crippen LogP contribution < -0.4 is 4.72 Å². The van der Waals surface area contributed by atoms with E-state index < -0.39 is 15.8 Å². The molecule has 1 atom stereocenters. The van der Waals surface area contributed by atoms with Gasteiger partial charge in [-0.15, -0.1) is 11.3 Å². The molecule has 25 heavy (non-hydrogen) atoms. The lowest BCUT2D eigenvalue weighted by Crippen LogP contribution is -2.41. The fourth-order valence-electron chi connectivity index (χ4n) is 3.12. The van der Waals surface area contributed by atoms with E-state index in [0.29, 0.717) is 6.54 Å². The van der Waals surface area contributed by atoms with Gasteiger partial charge in [0.25, 0.3) is 0 Å². The second-order valence-electron chi connectivity index (χ2n) is 6.56. The Kier molecular flexibility index (Phi) is 5.89. The molecular weight excluding hydrogens is 359 g/mol. The van der Waals surface area contributed by atoms with Crippen LogP contribution in [0.3, 0.4) is 0 Å². The van der Waals surface area contributed by atoms with Crippen LogP contribution in [0.15, 0.2) is 46.7 Å². The molecule has 0 bridgehead atoms. The van der Waals surface area contributed by atoms with E-state index in [2.05, 4.69) is 22.6 Å². The molecule has 1 aromatic carbocycles. The number of benzene rings is 1. The third kappa shape index (κ3) is 4.67. The molecule has 136 valence electrons. The van der Waals surface area contributed by atoms with Crippen LogP contribution in [0.1, 0.15) is 30.7 Å². The fourth-order valence-corrected chi connectivity index (χ4v) is 5.02. The highest BCUT2D eigenvalue weighted by molar-refractivity contribution is 7.89. The number of nitrogens with zero attached hydrogens (tertiary/aromatic N) is 1.